The van der Waals surface area contributed by atoms with Crippen molar-refractivity contribution < 1.29 is 13.5 Å². The maximum absolute atomic E-state index is 11.7. The summed E-state index contributed by atoms with van der Waals surface area (Å²) in [5.41, 5.74) is 6.69. The second-order valence-electron chi connectivity index (χ2n) is 2.65. The average Bonchev–Trinajstić information content (AvgIpc) is 2.29. The highest BCUT2D eigenvalue weighted by Crippen LogP contribution is 2.15. The molecule has 1 aromatic heterocycles. The summed E-state index contributed by atoms with van der Waals surface area (Å²) in [5.74, 6) is 0.466. The number of rotatable bonds is 3. The number of aromatic nitrogens is 2. The minimum Gasteiger partial charge on any atom is -0.384 e. The van der Waals surface area contributed by atoms with Crippen LogP contribution in [-0.2, 0) is 18.4 Å². The molecule has 74 valence electrons. The molecule has 0 atom stereocenters. The second-order valence-corrected chi connectivity index (χ2v) is 2.65. The lowest BCUT2D eigenvalue weighted by atomic mass is 10.3. The molecule has 1 aromatic rings. The van der Waals surface area contributed by atoms with Crippen molar-refractivity contribution in [2.75, 3.05) is 5.73 Å². The van der Waals surface area contributed by atoms with Gasteiger partial charge in [0.2, 0.25) is 0 Å². The Morgan fingerprint density at radius 1 is 1.62 bits per heavy atom. The summed E-state index contributed by atoms with van der Waals surface area (Å²) in [6.07, 6.45) is 0. The van der Waals surface area contributed by atoms with E-state index in [0.717, 1.165) is 0 Å². The Morgan fingerprint density at radius 2 is 2.23 bits per heavy atom. The van der Waals surface area contributed by atoms with E-state index in [1.54, 1.807) is 14.0 Å². The van der Waals surface area contributed by atoms with E-state index in [2.05, 4.69) is 9.84 Å². The van der Waals surface area contributed by atoms with Gasteiger partial charge in [-0.25, -0.2) is 0 Å². The van der Waals surface area contributed by atoms with Crippen molar-refractivity contribution in [3.05, 3.63) is 11.3 Å². The van der Waals surface area contributed by atoms with Crippen LogP contribution < -0.4 is 5.73 Å². The minimum absolute atomic E-state index is 0.214. The summed E-state index contributed by atoms with van der Waals surface area (Å²) in [6.45, 7) is -1.27. The zero-order valence-corrected chi connectivity index (χ0v) is 7.42. The van der Waals surface area contributed by atoms with Crippen molar-refractivity contribution >= 4 is 5.82 Å². The van der Waals surface area contributed by atoms with E-state index >= 15 is 0 Å². The zero-order valence-electron chi connectivity index (χ0n) is 7.42. The molecule has 0 radical (unpaired) electrons. The molecule has 0 amide bonds. The van der Waals surface area contributed by atoms with Gasteiger partial charge in [-0.2, -0.15) is 13.9 Å². The van der Waals surface area contributed by atoms with Gasteiger partial charge in [-0.05, 0) is 6.92 Å². The van der Waals surface area contributed by atoms with Crippen molar-refractivity contribution in [2.45, 2.75) is 20.1 Å². The van der Waals surface area contributed by atoms with Gasteiger partial charge >= 0.3 is 6.61 Å². The zero-order chi connectivity index (χ0) is 10.0. The fraction of sp³-hybridized carbons (Fsp3) is 0.571. The molecule has 0 saturated carbocycles. The van der Waals surface area contributed by atoms with E-state index in [1.807, 2.05) is 0 Å². The molecular formula is C7H11F2N3O. The van der Waals surface area contributed by atoms with Gasteiger partial charge in [0.1, 0.15) is 5.82 Å². The van der Waals surface area contributed by atoms with Crippen LogP contribution in [0.5, 0.6) is 0 Å². The van der Waals surface area contributed by atoms with Crippen molar-refractivity contribution in [2.24, 2.45) is 7.05 Å². The summed E-state index contributed by atoms with van der Waals surface area (Å²) in [5, 5.41) is 3.92. The molecule has 0 aromatic carbocycles. The van der Waals surface area contributed by atoms with Gasteiger partial charge in [0.25, 0.3) is 0 Å². The lowest BCUT2D eigenvalue weighted by Crippen LogP contribution is -2.01. The minimum atomic E-state index is -2.78. The summed E-state index contributed by atoms with van der Waals surface area (Å²) in [7, 11) is 1.65. The smallest absolute Gasteiger partial charge is 0.345 e. The standard InChI is InChI=1S/C7H11F2N3O/c1-4-5(3-13-7(8)9)11-12(2)6(4)10/h7H,3,10H2,1-2H3. The predicted octanol–water partition coefficient (Wildman–Crippen LogP) is 1.05. The molecule has 0 spiro atoms. The number of nitrogens with two attached hydrogens (primary N) is 1. The second kappa shape index (κ2) is 3.69. The SMILES string of the molecule is Cc1c(COC(F)F)nn(C)c1N. The molecule has 0 unspecified atom stereocenters. The molecular weight excluding hydrogens is 180 g/mol. The van der Waals surface area contributed by atoms with Crippen LogP contribution >= 0.6 is 0 Å². The number of hydrogen-bond acceptors (Lipinski definition) is 3. The van der Waals surface area contributed by atoms with Gasteiger partial charge in [-0.3, -0.25) is 4.68 Å². The molecule has 1 heterocycles. The van der Waals surface area contributed by atoms with Crippen molar-refractivity contribution in [1.82, 2.24) is 9.78 Å². The Hall–Kier alpha value is -1.17. The molecule has 6 heteroatoms. The van der Waals surface area contributed by atoms with Gasteiger partial charge in [0, 0.05) is 12.6 Å². The Bertz CT molecular complexity index is 298. The van der Waals surface area contributed by atoms with Crippen LogP contribution in [0.15, 0.2) is 0 Å². The Labute approximate surface area is 74.3 Å². The molecule has 1 rings (SSSR count). The van der Waals surface area contributed by atoms with Crippen LogP contribution in [0.2, 0.25) is 0 Å². The third-order valence-electron chi connectivity index (χ3n) is 1.78. The molecule has 4 nitrogen and oxygen atoms in total. The highest BCUT2D eigenvalue weighted by molar-refractivity contribution is 5.41. The van der Waals surface area contributed by atoms with Gasteiger partial charge in [-0.15, -0.1) is 0 Å². The first-order valence-corrected chi connectivity index (χ1v) is 3.70. The van der Waals surface area contributed by atoms with Crippen LogP contribution in [0.3, 0.4) is 0 Å². The molecule has 0 saturated heterocycles. The van der Waals surface area contributed by atoms with E-state index in [9.17, 15) is 8.78 Å². The molecule has 13 heavy (non-hydrogen) atoms. The molecule has 0 aliphatic heterocycles. The monoisotopic (exact) mass is 191 g/mol. The topological polar surface area (TPSA) is 53.1 Å². The van der Waals surface area contributed by atoms with E-state index in [4.69, 9.17) is 5.73 Å². The Morgan fingerprint density at radius 3 is 2.62 bits per heavy atom. The van der Waals surface area contributed by atoms with E-state index in [-0.39, 0.29) is 6.61 Å². The number of nitrogen functional groups attached to an aromatic ring is 1. The van der Waals surface area contributed by atoms with Crippen LogP contribution in [0.4, 0.5) is 14.6 Å². The Kier molecular flexibility index (Phi) is 2.82. The average molecular weight is 191 g/mol. The van der Waals surface area contributed by atoms with Crippen LogP contribution in [0, 0.1) is 6.92 Å². The molecule has 0 aliphatic rings. The first-order chi connectivity index (χ1) is 6.02. The lowest BCUT2D eigenvalue weighted by molar-refractivity contribution is -0.138. The Balaban J connectivity index is 2.72. The number of nitrogens with zero attached hydrogens (tertiary/aromatic N) is 2. The van der Waals surface area contributed by atoms with E-state index < -0.39 is 6.61 Å². The number of ether oxygens (including phenoxy) is 1. The molecule has 0 aliphatic carbocycles. The first-order valence-electron chi connectivity index (χ1n) is 3.70. The quantitative estimate of drug-likeness (QED) is 0.776. The molecule has 2 N–H and O–H groups in total. The summed E-state index contributed by atoms with van der Waals surface area (Å²) >= 11 is 0. The maximum atomic E-state index is 11.7. The first kappa shape index (κ1) is 9.91. The number of halogens is 2. The highest BCUT2D eigenvalue weighted by Gasteiger charge is 2.11. The van der Waals surface area contributed by atoms with Crippen LogP contribution in [-0.4, -0.2) is 16.4 Å². The molecule has 0 fully saturated rings. The van der Waals surface area contributed by atoms with Gasteiger partial charge < -0.3 is 10.5 Å². The maximum Gasteiger partial charge on any atom is 0.345 e. The number of aryl methyl sites for hydroxylation is 1. The lowest BCUT2D eigenvalue weighted by Gasteiger charge is -1.99. The third-order valence-corrected chi connectivity index (χ3v) is 1.78. The predicted molar refractivity (Wildman–Crippen MR) is 43.2 cm³/mol. The van der Waals surface area contributed by atoms with Crippen molar-refractivity contribution in [3.63, 3.8) is 0 Å². The van der Waals surface area contributed by atoms with Crippen LogP contribution in [0.1, 0.15) is 11.3 Å². The number of hydrogen-bond donors (Lipinski definition) is 1. The number of anilines is 1. The van der Waals surface area contributed by atoms with Crippen LogP contribution in [0.25, 0.3) is 0 Å². The van der Waals surface area contributed by atoms with Crippen molar-refractivity contribution in [3.8, 4) is 0 Å². The fourth-order valence-corrected chi connectivity index (χ4v) is 0.980. The van der Waals surface area contributed by atoms with Crippen molar-refractivity contribution in [1.29, 1.82) is 0 Å². The van der Waals surface area contributed by atoms with Gasteiger partial charge in [0.15, 0.2) is 0 Å². The summed E-state index contributed by atoms with van der Waals surface area (Å²) in [6, 6.07) is 0. The summed E-state index contributed by atoms with van der Waals surface area (Å²) < 4.78 is 28.9. The van der Waals surface area contributed by atoms with E-state index in [0.29, 0.717) is 17.1 Å². The fourth-order valence-electron chi connectivity index (χ4n) is 0.980. The largest absolute Gasteiger partial charge is 0.384 e. The van der Waals surface area contributed by atoms with Gasteiger partial charge in [0.05, 0.1) is 12.3 Å². The molecule has 0 bridgehead atoms. The summed E-state index contributed by atoms with van der Waals surface area (Å²) in [4.78, 5) is 0. The number of alkyl halides is 2. The van der Waals surface area contributed by atoms with E-state index in [1.165, 1.54) is 4.68 Å². The highest BCUT2D eigenvalue weighted by atomic mass is 19.3. The third kappa shape index (κ3) is 2.15. The normalized spacial score (nSPS) is 11.2. The van der Waals surface area contributed by atoms with Gasteiger partial charge in [-0.1, -0.05) is 0 Å².